The highest BCUT2D eigenvalue weighted by Crippen LogP contribution is 2.64. The van der Waals surface area contributed by atoms with E-state index in [0.717, 1.165) is 10.2 Å². The minimum Gasteiger partial charge on any atom is -0.481 e. The Morgan fingerprint density at radius 1 is 1.71 bits per heavy atom. The lowest BCUT2D eigenvalue weighted by Gasteiger charge is -1.99. The molecule has 76 valence electrons. The minimum atomic E-state index is -0.735. The first-order valence-corrected chi connectivity index (χ1v) is 5.17. The predicted octanol–water partition coefficient (Wildman–Crippen LogP) is 2.00. The summed E-state index contributed by atoms with van der Waals surface area (Å²) in [6, 6.07) is 0. The minimum absolute atomic E-state index is 0.0388. The van der Waals surface area contributed by atoms with Crippen LogP contribution in [0.15, 0.2) is 10.7 Å². The third-order valence-corrected chi connectivity index (χ3v) is 3.66. The summed E-state index contributed by atoms with van der Waals surface area (Å²) >= 11 is 3.35. The van der Waals surface area contributed by atoms with Gasteiger partial charge in [-0.2, -0.15) is 5.10 Å². The predicted molar refractivity (Wildman–Crippen MR) is 53.9 cm³/mol. The van der Waals surface area contributed by atoms with Gasteiger partial charge in [0.1, 0.15) is 0 Å². The van der Waals surface area contributed by atoms with E-state index in [0.29, 0.717) is 0 Å². The number of nitrogens with one attached hydrogen (secondary N) is 1. The first-order chi connectivity index (χ1) is 6.46. The molecule has 2 rings (SSSR count). The molecule has 0 saturated heterocycles. The van der Waals surface area contributed by atoms with Crippen LogP contribution in [0, 0.1) is 11.3 Å². The van der Waals surface area contributed by atoms with Crippen LogP contribution in [0.4, 0.5) is 0 Å². The van der Waals surface area contributed by atoms with Crippen molar-refractivity contribution in [3.8, 4) is 0 Å². The number of carboxylic acids is 1. The maximum atomic E-state index is 10.9. The molecule has 1 saturated carbocycles. The van der Waals surface area contributed by atoms with Crippen LogP contribution in [0.1, 0.15) is 25.5 Å². The van der Waals surface area contributed by atoms with Gasteiger partial charge in [0.05, 0.1) is 22.3 Å². The van der Waals surface area contributed by atoms with E-state index in [2.05, 4.69) is 26.1 Å². The van der Waals surface area contributed by atoms with Gasteiger partial charge in [-0.25, -0.2) is 0 Å². The number of aliphatic carboxylic acids is 1. The molecule has 5 heteroatoms. The second-order valence-corrected chi connectivity index (χ2v) is 5.10. The van der Waals surface area contributed by atoms with Crippen LogP contribution < -0.4 is 0 Å². The molecule has 2 N–H and O–H groups in total. The van der Waals surface area contributed by atoms with Crippen molar-refractivity contribution >= 4 is 21.9 Å². The lowest BCUT2D eigenvalue weighted by molar-refractivity contribution is -0.139. The van der Waals surface area contributed by atoms with E-state index >= 15 is 0 Å². The van der Waals surface area contributed by atoms with Crippen molar-refractivity contribution in [1.29, 1.82) is 0 Å². The molecule has 0 unspecified atom stereocenters. The Labute approximate surface area is 89.8 Å². The maximum Gasteiger partial charge on any atom is 0.307 e. The topological polar surface area (TPSA) is 66.0 Å². The number of aromatic nitrogens is 2. The Hall–Kier alpha value is -0.840. The van der Waals surface area contributed by atoms with Gasteiger partial charge in [-0.3, -0.25) is 9.89 Å². The van der Waals surface area contributed by atoms with Crippen LogP contribution in [0.3, 0.4) is 0 Å². The van der Waals surface area contributed by atoms with Crippen LogP contribution in [0.2, 0.25) is 0 Å². The Balaban J connectivity index is 2.32. The van der Waals surface area contributed by atoms with Crippen molar-refractivity contribution in [1.82, 2.24) is 10.2 Å². The molecule has 1 aliphatic carbocycles. The lowest BCUT2D eigenvalue weighted by Crippen LogP contribution is -2.03. The largest absolute Gasteiger partial charge is 0.481 e. The molecule has 1 heterocycles. The van der Waals surface area contributed by atoms with Gasteiger partial charge >= 0.3 is 5.97 Å². The molecule has 0 radical (unpaired) electrons. The van der Waals surface area contributed by atoms with Crippen LogP contribution in [-0.4, -0.2) is 21.3 Å². The number of rotatable bonds is 2. The fourth-order valence-electron chi connectivity index (χ4n) is 2.14. The second kappa shape index (κ2) is 2.82. The second-order valence-electron chi connectivity index (χ2n) is 4.25. The number of hydrogen-bond acceptors (Lipinski definition) is 2. The Morgan fingerprint density at radius 2 is 2.36 bits per heavy atom. The molecule has 1 aliphatic rings. The first-order valence-electron chi connectivity index (χ1n) is 4.38. The molecular weight excluding hydrogens is 248 g/mol. The van der Waals surface area contributed by atoms with E-state index in [9.17, 15) is 4.79 Å². The zero-order valence-corrected chi connectivity index (χ0v) is 9.50. The first kappa shape index (κ1) is 9.71. The summed E-state index contributed by atoms with van der Waals surface area (Å²) in [4.78, 5) is 10.9. The van der Waals surface area contributed by atoms with Gasteiger partial charge in [0.15, 0.2) is 0 Å². The van der Waals surface area contributed by atoms with E-state index in [4.69, 9.17) is 5.11 Å². The normalized spacial score (nSPS) is 28.8. The van der Waals surface area contributed by atoms with Gasteiger partial charge in [0, 0.05) is 5.92 Å². The van der Waals surface area contributed by atoms with Gasteiger partial charge in [0.25, 0.3) is 0 Å². The lowest BCUT2D eigenvalue weighted by atomic mass is 10.1. The molecule has 14 heavy (non-hydrogen) atoms. The summed E-state index contributed by atoms with van der Waals surface area (Å²) in [6.07, 6.45) is 1.66. The van der Waals surface area contributed by atoms with E-state index in [1.165, 1.54) is 0 Å². The quantitative estimate of drug-likeness (QED) is 0.853. The zero-order chi connectivity index (χ0) is 10.5. The fourth-order valence-corrected chi connectivity index (χ4v) is 2.57. The number of aromatic amines is 1. The maximum absolute atomic E-state index is 10.9. The van der Waals surface area contributed by atoms with Crippen LogP contribution in [0.5, 0.6) is 0 Å². The summed E-state index contributed by atoms with van der Waals surface area (Å²) in [6.45, 7) is 3.92. The number of halogens is 1. The molecule has 0 aromatic carbocycles. The van der Waals surface area contributed by atoms with E-state index in [1.807, 2.05) is 13.8 Å². The molecule has 0 spiro atoms. The molecule has 0 bridgehead atoms. The molecule has 0 aliphatic heterocycles. The summed E-state index contributed by atoms with van der Waals surface area (Å²) < 4.78 is 0.860. The number of carboxylic acid groups (broad SMARTS) is 1. The molecular formula is C9H11BrN2O2. The number of carbonyl (C=O) groups is 1. The highest BCUT2D eigenvalue weighted by Gasteiger charge is 2.63. The smallest absolute Gasteiger partial charge is 0.307 e. The number of hydrogen-bond donors (Lipinski definition) is 2. The average molecular weight is 259 g/mol. The molecule has 1 fully saturated rings. The fraction of sp³-hybridized carbons (Fsp3) is 0.556. The van der Waals surface area contributed by atoms with Crippen molar-refractivity contribution in [2.75, 3.05) is 0 Å². The van der Waals surface area contributed by atoms with Gasteiger partial charge in [-0.15, -0.1) is 0 Å². The summed E-state index contributed by atoms with van der Waals surface area (Å²) in [7, 11) is 0. The van der Waals surface area contributed by atoms with Crippen molar-refractivity contribution in [3.05, 3.63) is 16.4 Å². The van der Waals surface area contributed by atoms with Gasteiger partial charge < -0.3 is 5.11 Å². The van der Waals surface area contributed by atoms with Crippen LogP contribution in [-0.2, 0) is 4.79 Å². The van der Waals surface area contributed by atoms with E-state index < -0.39 is 5.97 Å². The Bertz CT molecular complexity index is 386. The third kappa shape index (κ3) is 1.19. The van der Waals surface area contributed by atoms with Crippen LogP contribution >= 0.6 is 15.9 Å². The summed E-state index contributed by atoms with van der Waals surface area (Å²) in [5, 5.41) is 15.7. The number of H-pyrrole nitrogens is 1. The summed E-state index contributed by atoms with van der Waals surface area (Å²) in [5.74, 6) is -1.00. The standard InChI is InChI=1S/C9H11BrN2O2/c1-9(2)5(6(9)8(13)14)7-4(10)3-11-12-7/h3,5-6H,1-2H3,(H,11,12)(H,13,14)/t5-,6-/m0/s1. The highest BCUT2D eigenvalue weighted by molar-refractivity contribution is 9.10. The van der Waals surface area contributed by atoms with Crippen molar-refractivity contribution in [2.45, 2.75) is 19.8 Å². The number of nitrogens with zero attached hydrogens (tertiary/aromatic N) is 1. The Morgan fingerprint density at radius 3 is 2.71 bits per heavy atom. The average Bonchev–Trinajstić information content (AvgIpc) is 2.42. The molecule has 2 atom stereocenters. The Kier molecular flexibility index (Phi) is 1.96. The van der Waals surface area contributed by atoms with Gasteiger partial charge in [-0.05, 0) is 21.3 Å². The molecule has 1 aromatic heterocycles. The van der Waals surface area contributed by atoms with Crippen LogP contribution in [0.25, 0.3) is 0 Å². The highest BCUT2D eigenvalue weighted by atomic mass is 79.9. The van der Waals surface area contributed by atoms with E-state index in [-0.39, 0.29) is 17.3 Å². The molecule has 4 nitrogen and oxygen atoms in total. The third-order valence-electron chi connectivity index (χ3n) is 3.02. The van der Waals surface area contributed by atoms with Crippen molar-refractivity contribution in [2.24, 2.45) is 11.3 Å². The van der Waals surface area contributed by atoms with Gasteiger partial charge in [0.2, 0.25) is 0 Å². The molecule has 0 amide bonds. The van der Waals surface area contributed by atoms with E-state index in [1.54, 1.807) is 6.20 Å². The van der Waals surface area contributed by atoms with Crippen molar-refractivity contribution in [3.63, 3.8) is 0 Å². The molecule has 1 aromatic rings. The monoisotopic (exact) mass is 258 g/mol. The van der Waals surface area contributed by atoms with Gasteiger partial charge in [-0.1, -0.05) is 13.8 Å². The summed E-state index contributed by atoms with van der Waals surface area (Å²) in [5.41, 5.74) is 0.711. The SMILES string of the molecule is CC1(C)[C@H](C(=O)O)[C@H]1c1[nH]ncc1Br. The zero-order valence-electron chi connectivity index (χ0n) is 7.91. The van der Waals surface area contributed by atoms with Crippen molar-refractivity contribution < 1.29 is 9.90 Å².